The largest absolute Gasteiger partial charge is 0.351 e. The van der Waals surface area contributed by atoms with E-state index >= 15 is 0 Å². The number of carbonyl (C=O) groups is 1. The fourth-order valence-electron chi connectivity index (χ4n) is 1.70. The highest BCUT2D eigenvalue weighted by Crippen LogP contribution is 2.32. The molecule has 0 aliphatic rings. The van der Waals surface area contributed by atoms with E-state index in [1.807, 2.05) is 11.5 Å². The molecule has 108 valence electrons. The molecule has 0 aliphatic carbocycles. The molecule has 0 spiro atoms. The van der Waals surface area contributed by atoms with E-state index in [9.17, 15) is 4.79 Å². The summed E-state index contributed by atoms with van der Waals surface area (Å²) in [6.07, 6.45) is 0.639. The zero-order chi connectivity index (χ0) is 14.7. The molecule has 1 amide bonds. The summed E-state index contributed by atoms with van der Waals surface area (Å²) >= 11 is 13.2. The van der Waals surface area contributed by atoms with E-state index in [2.05, 4.69) is 47.4 Å². The first kappa shape index (κ1) is 15.9. The zero-order valence-corrected chi connectivity index (χ0v) is 15.4. The number of hydrogen-bond donors (Lipinski definition) is 2. The first-order valence-electron chi connectivity index (χ1n) is 5.90. The standard InChI is InChI=1S/C11H12Br2N4OS2/c1-2-17-8(15-16-11(17)19)3-4-14-10(18)7-5-6(12)9(13)20-7/h5H,2-4H2,1H3,(H,14,18)(H,16,19). The maximum atomic E-state index is 12.0. The highest BCUT2D eigenvalue weighted by atomic mass is 79.9. The van der Waals surface area contributed by atoms with Crippen LogP contribution in [0.1, 0.15) is 22.4 Å². The lowest BCUT2D eigenvalue weighted by Gasteiger charge is -2.04. The molecular weight excluding hydrogens is 428 g/mol. The van der Waals surface area contributed by atoms with Crippen LogP contribution in [0.3, 0.4) is 0 Å². The van der Waals surface area contributed by atoms with Crippen LogP contribution in [0.15, 0.2) is 14.3 Å². The second-order valence-electron chi connectivity index (χ2n) is 3.93. The summed E-state index contributed by atoms with van der Waals surface area (Å²) in [5.41, 5.74) is 0. The van der Waals surface area contributed by atoms with Crippen LogP contribution in [-0.2, 0) is 13.0 Å². The molecule has 5 nitrogen and oxygen atoms in total. The number of amides is 1. The van der Waals surface area contributed by atoms with E-state index in [0.717, 1.165) is 20.6 Å². The van der Waals surface area contributed by atoms with Crippen LogP contribution in [-0.4, -0.2) is 27.2 Å². The van der Waals surface area contributed by atoms with Gasteiger partial charge in [-0.3, -0.25) is 9.89 Å². The minimum Gasteiger partial charge on any atom is -0.351 e. The Hall–Kier alpha value is -0.510. The molecule has 0 aliphatic heterocycles. The molecule has 0 bridgehead atoms. The van der Waals surface area contributed by atoms with Gasteiger partial charge in [-0.15, -0.1) is 11.3 Å². The van der Waals surface area contributed by atoms with Crippen LogP contribution in [0.25, 0.3) is 0 Å². The van der Waals surface area contributed by atoms with Gasteiger partial charge in [0.2, 0.25) is 0 Å². The Morgan fingerprint density at radius 1 is 1.60 bits per heavy atom. The van der Waals surface area contributed by atoms with Crippen LogP contribution in [0.5, 0.6) is 0 Å². The molecule has 0 fully saturated rings. The number of hydrogen-bond acceptors (Lipinski definition) is 4. The van der Waals surface area contributed by atoms with Crippen molar-refractivity contribution in [2.75, 3.05) is 6.54 Å². The van der Waals surface area contributed by atoms with E-state index in [1.54, 1.807) is 6.07 Å². The molecule has 2 rings (SSSR count). The molecule has 0 radical (unpaired) electrons. The van der Waals surface area contributed by atoms with Gasteiger partial charge in [0.1, 0.15) is 5.82 Å². The number of rotatable bonds is 5. The van der Waals surface area contributed by atoms with Gasteiger partial charge in [0, 0.05) is 24.0 Å². The minimum atomic E-state index is -0.0846. The van der Waals surface area contributed by atoms with E-state index in [-0.39, 0.29) is 5.91 Å². The SMILES string of the molecule is CCn1c(CCNC(=O)c2cc(Br)c(Br)s2)n[nH]c1=S. The Balaban J connectivity index is 1.92. The van der Waals surface area contributed by atoms with Crippen LogP contribution in [0, 0.1) is 4.77 Å². The third-order valence-corrected chi connectivity index (χ3v) is 6.22. The van der Waals surface area contributed by atoms with Crippen molar-refractivity contribution >= 4 is 61.3 Å². The van der Waals surface area contributed by atoms with Crippen molar-refractivity contribution in [1.29, 1.82) is 0 Å². The Morgan fingerprint density at radius 3 is 2.95 bits per heavy atom. The minimum absolute atomic E-state index is 0.0846. The van der Waals surface area contributed by atoms with Crippen molar-refractivity contribution < 1.29 is 4.79 Å². The van der Waals surface area contributed by atoms with E-state index in [4.69, 9.17) is 12.2 Å². The smallest absolute Gasteiger partial charge is 0.261 e. The predicted octanol–water partition coefficient (Wildman–Crippen LogP) is 3.52. The molecule has 2 aromatic heterocycles. The molecule has 2 heterocycles. The van der Waals surface area contributed by atoms with Gasteiger partial charge in [-0.25, -0.2) is 0 Å². The Labute approximate surface area is 142 Å². The topological polar surface area (TPSA) is 62.7 Å². The molecule has 20 heavy (non-hydrogen) atoms. The van der Waals surface area contributed by atoms with Gasteiger partial charge in [-0.2, -0.15) is 5.10 Å². The van der Waals surface area contributed by atoms with Gasteiger partial charge in [0.05, 0.1) is 8.66 Å². The summed E-state index contributed by atoms with van der Waals surface area (Å²) in [4.78, 5) is 12.6. The first-order valence-corrected chi connectivity index (χ1v) is 8.71. The summed E-state index contributed by atoms with van der Waals surface area (Å²) in [5.74, 6) is 0.768. The number of thiophene rings is 1. The average molecular weight is 440 g/mol. The Morgan fingerprint density at radius 2 is 2.35 bits per heavy atom. The molecule has 0 unspecified atom stereocenters. The summed E-state index contributed by atoms with van der Waals surface area (Å²) in [5, 5.41) is 9.80. The maximum absolute atomic E-state index is 12.0. The lowest BCUT2D eigenvalue weighted by atomic mass is 10.3. The van der Waals surface area contributed by atoms with Crippen molar-refractivity contribution in [2.45, 2.75) is 19.9 Å². The number of H-pyrrole nitrogens is 1. The monoisotopic (exact) mass is 438 g/mol. The fourth-order valence-corrected chi connectivity index (χ4v) is 3.93. The van der Waals surface area contributed by atoms with E-state index in [1.165, 1.54) is 11.3 Å². The highest BCUT2D eigenvalue weighted by Gasteiger charge is 2.12. The molecular formula is C11H12Br2N4OS2. The van der Waals surface area contributed by atoms with Gasteiger partial charge in [0.15, 0.2) is 4.77 Å². The number of nitrogens with zero attached hydrogens (tertiary/aromatic N) is 2. The summed E-state index contributed by atoms with van der Waals surface area (Å²) < 4.78 is 4.33. The quantitative estimate of drug-likeness (QED) is 0.700. The number of halogens is 2. The van der Waals surface area contributed by atoms with Gasteiger partial charge in [-0.1, -0.05) is 0 Å². The number of nitrogens with one attached hydrogen (secondary N) is 2. The molecule has 9 heteroatoms. The molecule has 0 saturated carbocycles. The average Bonchev–Trinajstić information content (AvgIpc) is 2.93. The van der Waals surface area contributed by atoms with Crippen molar-refractivity contribution in [3.05, 3.63) is 29.8 Å². The van der Waals surface area contributed by atoms with Crippen LogP contribution < -0.4 is 5.32 Å². The van der Waals surface area contributed by atoms with Crippen molar-refractivity contribution in [2.24, 2.45) is 0 Å². The highest BCUT2D eigenvalue weighted by molar-refractivity contribution is 9.13. The van der Waals surface area contributed by atoms with Gasteiger partial charge >= 0.3 is 0 Å². The molecule has 2 N–H and O–H groups in total. The molecule has 0 saturated heterocycles. The number of aromatic nitrogens is 3. The maximum Gasteiger partial charge on any atom is 0.261 e. The molecule has 0 aromatic carbocycles. The Kier molecular flexibility index (Phi) is 5.53. The van der Waals surface area contributed by atoms with Crippen LogP contribution in [0.2, 0.25) is 0 Å². The molecule has 2 aromatic rings. The van der Waals surface area contributed by atoms with E-state index < -0.39 is 0 Å². The number of aromatic amines is 1. The lowest BCUT2D eigenvalue weighted by molar-refractivity contribution is 0.0958. The number of carbonyl (C=O) groups excluding carboxylic acids is 1. The summed E-state index contributed by atoms with van der Waals surface area (Å²) in [6, 6.07) is 1.80. The van der Waals surface area contributed by atoms with Gasteiger partial charge in [-0.05, 0) is 57.1 Å². The second-order valence-corrected chi connectivity index (χ2v) is 7.54. The van der Waals surface area contributed by atoms with Crippen LogP contribution >= 0.6 is 55.4 Å². The molecule has 0 atom stereocenters. The van der Waals surface area contributed by atoms with Crippen LogP contribution in [0.4, 0.5) is 0 Å². The van der Waals surface area contributed by atoms with Crippen molar-refractivity contribution in [1.82, 2.24) is 20.1 Å². The summed E-state index contributed by atoms with van der Waals surface area (Å²) in [6.45, 7) is 3.29. The van der Waals surface area contributed by atoms with Gasteiger partial charge < -0.3 is 9.88 Å². The first-order chi connectivity index (χ1) is 9.52. The normalized spacial score (nSPS) is 10.8. The second kappa shape index (κ2) is 6.97. The third kappa shape index (κ3) is 3.57. The Bertz CT molecular complexity index is 657. The lowest BCUT2D eigenvalue weighted by Crippen LogP contribution is -2.25. The summed E-state index contributed by atoms with van der Waals surface area (Å²) in [7, 11) is 0. The van der Waals surface area contributed by atoms with E-state index in [0.29, 0.717) is 22.6 Å². The fraction of sp³-hybridized carbons (Fsp3) is 0.364. The third-order valence-electron chi connectivity index (χ3n) is 2.66. The van der Waals surface area contributed by atoms with Gasteiger partial charge in [0.25, 0.3) is 5.91 Å². The van der Waals surface area contributed by atoms with Crippen molar-refractivity contribution in [3.63, 3.8) is 0 Å². The predicted molar refractivity (Wildman–Crippen MR) is 88.8 cm³/mol. The zero-order valence-electron chi connectivity index (χ0n) is 10.6. The van der Waals surface area contributed by atoms with Crippen molar-refractivity contribution in [3.8, 4) is 0 Å².